The quantitative estimate of drug-likeness (QED) is 0.864. The zero-order valence-electron chi connectivity index (χ0n) is 12.6. The van der Waals surface area contributed by atoms with Crippen molar-refractivity contribution in [2.24, 2.45) is 0 Å². The normalized spacial score (nSPS) is 21.7. The van der Waals surface area contributed by atoms with E-state index in [0.29, 0.717) is 17.5 Å². The number of ether oxygens (including phenoxy) is 2. The molecule has 1 saturated carbocycles. The zero-order valence-corrected chi connectivity index (χ0v) is 12.6. The number of amides is 1. The van der Waals surface area contributed by atoms with Crippen molar-refractivity contribution in [3.63, 3.8) is 0 Å². The fourth-order valence-corrected chi connectivity index (χ4v) is 2.53. The summed E-state index contributed by atoms with van der Waals surface area (Å²) >= 11 is 0. The Morgan fingerprint density at radius 2 is 2.10 bits per heavy atom. The van der Waals surface area contributed by atoms with Gasteiger partial charge in [-0.3, -0.25) is 4.79 Å². The molecule has 3 rings (SSSR count). The van der Waals surface area contributed by atoms with Gasteiger partial charge in [0.15, 0.2) is 17.6 Å². The zero-order chi connectivity index (χ0) is 14.8. The highest BCUT2D eigenvalue weighted by molar-refractivity contribution is 5.83. The summed E-state index contributed by atoms with van der Waals surface area (Å²) in [6.45, 7) is 1.57. The highest BCUT2D eigenvalue weighted by atomic mass is 16.5. The summed E-state index contributed by atoms with van der Waals surface area (Å²) in [7, 11) is 3.42. The minimum absolute atomic E-state index is 0.0403. The van der Waals surface area contributed by atoms with Crippen LogP contribution in [-0.2, 0) is 11.3 Å². The molecule has 5 nitrogen and oxygen atoms in total. The molecule has 1 amide bonds. The third kappa shape index (κ3) is 3.29. The smallest absolute Gasteiger partial charge is 0.263 e. The molecular weight excluding hydrogens is 268 g/mol. The van der Waals surface area contributed by atoms with Crippen molar-refractivity contribution < 1.29 is 14.3 Å². The summed E-state index contributed by atoms with van der Waals surface area (Å²) < 4.78 is 11.2. The molecule has 5 heteroatoms. The summed E-state index contributed by atoms with van der Waals surface area (Å²) in [6.07, 6.45) is 2.86. The number of benzene rings is 1. The van der Waals surface area contributed by atoms with Gasteiger partial charge in [0.2, 0.25) is 0 Å². The van der Waals surface area contributed by atoms with Gasteiger partial charge in [-0.05, 0) is 30.5 Å². The number of carbonyl (C=O) groups excluding carboxylic acids is 1. The molecule has 2 aliphatic rings. The van der Waals surface area contributed by atoms with E-state index in [1.54, 1.807) is 19.1 Å². The van der Waals surface area contributed by atoms with Crippen LogP contribution in [0.15, 0.2) is 18.2 Å². The van der Waals surface area contributed by atoms with Crippen LogP contribution >= 0.6 is 0 Å². The summed E-state index contributed by atoms with van der Waals surface area (Å²) in [5, 5.41) is 3.48. The topological polar surface area (TPSA) is 50.8 Å². The number of nitrogens with one attached hydrogen (secondary N) is 1. The summed E-state index contributed by atoms with van der Waals surface area (Å²) in [5.74, 6) is 1.37. The second-order valence-corrected chi connectivity index (χ2v) is 5.80. The maximum absolute atomic E-state index is 12.0. The first-order chi connectivity index (χ1) is 10.2. The predicted molar refractivity (Wildman–Crippen MR) is 79.5 cm³/mol. The molecule has 1 saturated heterocycles. The molecule has 1 unspecified atom stereocenters. The summed E-state index contributed by atoms with van der Waals surface area (Å²) in [5.41, 5.74) is 1.15. The van der Waals surface area contributed by atoms with Crippen LogP contribution in [0.2, 0.25) is 0 Å². The Labute approximate surface area is 125 Å². The summed E-state index contributed by atoms with van der Waals surface area (Å²) in [4.78, 5) is 13.7. The van der Waals surface area contributed by atoms with E-state index in [1.165, 1.54) is 12.8 Å². The fourth-order valence-electron chi connectivity index (χ4n) is 2.53. The van der Waals surface area contributed by atoms with E-state index in [9.17, 15) is 4.79 Å². The lowest BCUT2D eigenvalue weighted by molar-refractivity contribution is -0.132. The number of methoxy groups -OCH3 is 1. The molecule has 1 N–H and O–H groups in total. The van der Waals surface area contributed by atoms with Crippen LogP contribution in [0.25, 0.3) is 0 Å². The first kappa shape index (κ1) is 14.2. The number of carbonyl (C=O) groups is 1. The minimum Gasteiger partial charge on any atom is -0.493 e. The van der Waals surface area contributed by atoms with E-state index in [-0.39, 0.29) is 5.91 Å². The highest BCUT2D eigenvalue weighted by Crippen LogP contribution is 2.31. The van der Waals surface area contributed by atoms with E-state index in [4.69, 9.17) is 9.47 Å². The monoisotopic (exact) mass is 290 g/mol. The van der Waals surface area contributed by atoms with Crippen molar-refractivity contribution in [2.75, 3.05) is 20.7 Å². The Balaban J connectivity index is 1.71. The maximum Gasteiger partial charge on any atom is 0.263 e. The van der Waals surface area contributed by atoms with Gasteiger partial charge in [-0.25, -0.2) is 0 Å². The molecule has 21 heavy (non-hydrogen) atoms. The van der Waals surface area contributed by atoms with E-state index >= 15 is 0 Å². The van der Waals surface area contributed by atoms with E-state index in [0.717, 1.165) is 25.1 Å². The van der Waals surface area contributed by atoms with Gasteiger partial charge in [-0.2, -0.15) is 0 Å². The fraction of sp³-hybridized carbons (Fsp3) is 0.562. The third-order valence-corrected chi connectivity index (χ3v) is 4.05. The molecule has 0 aromatic heterocycles. The first-order valence-corrected chi connectivity index (χ1v) is 7.49. The standard InChI is InChI=1S/C16H22N2O3/c1-18-8-7-14(16(18)19)21-15-9-11(3-6-13(15)20-2)10-17-12-4-5-12/h3,6,9,12,14,17H,4-5,7-8,10H2,1-2H3. The lowest BCUT2D eigenvalue weighted by Gasteiger charge is -2.16. The van der Waals surface area contributed by atoms with Gasteiger partial charge in [0.25, 0.3) is 5.91 Å². The van der Waals surface area contributed by atoms with Gasteiger partial charge in [-0.1, -0.05) is 6.07 Å². The van der Waals surface area contributed by atoms with Crippen LogP contribution in [0.3, 0.4) is 0 Å². The van der Waals surface area contributed by atoms with Crippen molar-refractivity contribution >= 4 is 5.91 Å². The van der Waals surface area contributed by atoms with Crippen LogP contribution in [0.1, 0.15) is 24.8 Å². The van der Waals surface area contributed by atoms with E-state index in [1.807, 2.05) is 18.2 Å². The van der Waals surface area contributed by atoms with Crippen molar-refractivity contribution in [2.45, 2.75) is 38.0 Å². The van der Waals surface area contributed by atoms with Gasteiger partial charge in [0.1, 0.15) is 0 Å². The molecule has 1 aromatic carbocycles. The highest BCUT2D eigenvalue weighted by Gasteiger charge is 2.31. The van der Waals surface area contributed by atoms with Crippen LogP contribution < -0.4 is 14.8 Å². The SMILES string of the molecule is COc1ccc(CNC2CC2)cc1OC1CCN(C)C1=O. The van der Waals surface area contributed by atoms with Gasteiger partial charge in [0.05, 0.1) is 7.11 Å². The minimum atomic E-state index is -0.393. The number of likely N-dealkylation sites (tertiary alicyclic amines) is 1. The predicted octanol–water partition coefficient (Wildman–Crippen LogP) is 1.56. The number of nitrogens with zero attached hydrogens (tertiary/aromatic N) is 1. The Bertz CT molecular complexity index is 528. The van der Waals surface area contributed by atoms with Gasteiger partial charge in [-0.15, -0.1) is 0 Å². The maximum atomic E-state index is 12.0. The van der Waals surface area contributed by atoms with Gasteiger partial charge < -0.3 is 19.7 Å². The Kier molecular flexibility index (Phi) is 4.01. The van der Waals surface area contributed by atoms with Crippen molar-refractivity contribution in [3.05, 3.63) is 23.8 Å². The number of rotatable bonds is 6. The molecule has 0 bridgehead atoms. The van der Waals surface area contributed by atoms with Gasteiger partial charge >= 0.3 is 0 Å². The molecule has 1 aliphatic carbocycles. The molecule has 114 valence electrons. The van der Waals surface area contributed by atoms with Gasteiger partial charge in [0, 0.05) is 32.6 Å². The molecule has 0 spiro atoms. The molecular formula is C16H22N2O3. The second-order valence-electron chi connectivity index (χ2n) is 5.80. The van der Waals surface area contributed by atoms with Crippen LogP contribution in [0, 0.1) is 0 Å². The Morgan fingerprint density at radius 3 is 2.71 bits per heavy atom. The molecule has 1 aliphatic heterocycles. The largest absolute Gasteiger partial charge is 0.493 e. The molecule has 2 fully saturated rings. The molecule has 1 atom stereocenters. The second kappa shape index (κ2) is 5.93. The number of hydrogen-bond donors (Lipinski definition) is 1. The first-order valence-electron chi connectivity index (χ1n) is 7.49. The molecule has 1 aromatic rings. The Morgan fingerprint density at radius 1 is 1.29 bits per heavy atom. The average molecular weight is 290 g/mol. The van der Waals surface area contributed by atoms with E-state index in [2.05, 4.69) is 5.32 Å². The third-order valence-electron chi connectivity index (χ3n) is 4.05. The van der Waals surface area contributed by atoms with Crippen LogP contribution in [0.4, 0.5) is 0 Å². The van der Waals surface area contributed by atoms with Crippen molar-refractivity contribution in [3.8, 4) is 11.5 Å². The molecule has 0 radical (unpaired) electrons. The summed E-state index contributed by atoms with van der Waals surface area (Å²) in [6, 6.07) is 6.58. The van der Waals surface area contributed by atoms with Crippen LogP contribution in [0.5, 0.6) is 11.5 Å². The lowest BCUT2D eigenvalue weighted by atomic mass is 10.2. The van der Waals surface area contributed by atoms with Crippen molar-refractivity contribution in [1.29, 1.82) is 0 Å². The van der Waals surface area contributed by atoms with E-state index < -0.39 is 6.10 Å². The number of likely N-dealkylation sites (N-methyl/N-ethyl adjacent to an activating group) is 1. The molecule has 1 heterocycles. The van der Waals surface area contributed by atoms with Crippen LogP contribution in [-0.4, -0.2) is 43.7 Å². The lowest BCUT2D eigenvalue weighted by Crippen LogP contribution is -2.29. The number of hydrogen-bond acceptors (Lipinski definition) is 4. The Hall–Kier alpha value is -1.75. The average Bonchev–Trinajstić information content (AvgIpc) is 3.27. The van der Waals surface area contributed by atoms with Crippen molar-refractivity contribution in [1.82, 2.24) is 10.2 Å².